The van der Waals surface area contributed by atoms with E-state index in [9.17, 15) is 14.0 Å². The molecule has 0 radical (unpaired) electrons. The highest BCUT2D eigenvalue weighted by atomic mass is 19.1. The van der Waals surface area contributed by atoms with E-state index in [1.54, 1.807) is 45.3 Å². The minimum Gasteiger partial charge on any atom is -0.453 e. The number of benzene rings is 1. The number of H-pyrrole nitrogens is 1. The van der Waals surface area contributed by atoms with Crippen molar-refractivity contribution in [2.45, 2.75) is 26.4 Å². The topological polar surface area (TPSA) is 105 Å². The summed E-state index contributed by atoms with van der Waals surface area (Å²) >= 11 is 0. The van der Waals surface area contributed by atoms with Crippen molar-refractivity contribution in [3.8, 4) is 11.5 Å². The van der Waals surface area contributed by atoms with Crippen LogP contribution < -0.4 is 15.4 Å². The Labute approximate surface area is 166 Å². The molecule has 0 spiro atoms. The van der Waals surface area contributed by atoms with Crippen LogP contribution >= 0.6 is 0 Å². The zero-order valence-corrected chi connectivity index (χ0v) is 16.2. The lowest BCUT2D eigenvalue weighted by molar-refractivity contribution is -0.115. The fourth-order valence-electron chi connectivity index (χ4n) is 2.48. The summed E-state index contributed by atoms with van der Waals surface area (Å²) in [5, 5.41) is 5.55. The first kappa shape index (κ1) is 20.1. The number of amides is 2. The predicted octanol–water partition coefficient (Wildman–Crippen LogP) is 3.96. The summed E-state index contributed by atoms with van der Waals surface area (Å²) in [6.45, 7) is 4.83. The maximum Gasteiger partial charge on any atom is 0.408 e. The number of ether oxygens (including phenoxy) is 2. The molecule has 0 aliphatic heterocycles. The summed E-state index contributed by atoms with van der Waals surface area (Å²) in [4.78, 5) is 30.6. The number of pyridine rings is 1. The summed E-state index contributed by atoms with van der Waals surface area (Å²) in [7, 11) is 0. The van der Waals surface area contributed by atoms with Crippen LogP contribution in [0.25, 0.3) is 11.0 Å². The summed E-state index contributed by atoms with van der Waals surface area (Å²) < 4.78 is 25.1. The first-order valence-electron chi connectivity index (χ1n) is 8.87. The molecule has 0 unspecified atom stereocenters. The van der Waals surface area contributed by atoms with E-state index in [1.807, 2.05) is 0 Å². The fraction of sp³-hybridized carbons (Fsp3) is 0.250. The van der Waals surface area contributed by atoms with Gasteiger partial charge in [-0.1, -0.05) is 0 Å². The molecule has 0 saturated carbocycles. The van der Waals surface area contributed by atoms with Crippen molar-refractivity contribution in [3.05, 3.63) is 48.5 Å². The van der Waals surface area contributed by atoms with E-state index in [0.29, 0.717) is 11.4 Å². The Morgan fingerprint density at radius 1 is 1.17 bits per heavy atom. The highest BCUT2D eigenvalue weighted by molar-refractivity contribution is 5.94. The van der Waals surface area contributed by atoms with Crippen LogP contribution in [-0.2, 0) is 9.53 Å². The quantitative estimate of drug-likeness (QED) is 0.601. The van der Waals surface area contributed by atoms with Crippen LogP contribution in [0.3, 0.4) is 0 Å². The Hall–Kier alpha value is -3.62. The Kier molecular flexibility index (Phi) is 5.67. The van der Waals surface area contributed by atoms with Crippen LogP contribution in [0, 0.1) is 5.82 Å². The number of halogens is 1. The minimum atomic E-state index is -0.712. The molecule has 9 heteroatoms. The van der Waals surface area contributed by atoms with Crippen LogP contribution in [0.4, 0.5) is 14.9 Å². The Bertz CT molecular complexity index is 1040. The number of carbonyl (C=O) groups is 2. The van der Waals surface area contributed by atoms with Crippen molar-refractivity contribution in [2.75, 3.05) is 11.9 Å². The number of hydrogen-bond donors (Lipinski definition) is 3. The van der Waals surface area contributed by atoms with Gasteiger partial charge in [0.2, 0.25) is 5.91 Å². The van der Waals surface area contributed by atoms with Crippen LogP contribution in [-0.4, -0.2) is 34.1 Å². The number of nitrogens with one attached hydrogen (secondary N) is 3. The van der Waals surface area contributed by atoms with Gasteiger partial charge in [0.25, 0.3) is 0 Å². The smallest absolute Gasteiger partial charge is 0.408 e. The van der Waals surface area contributed by atoms with E-state index in [2.05, 4.69) is 20.6 Å². The summed E-state index contributed by atoms with van der Waals surface area (Å²) in [5.41, 5.74) is 0.192. The van der Waals surface area contributed by atoms with Crippen molar-refractivity contribution in [2.24, 2.45) is 0 Å². The maximum absolute atomic E-state index is 14.4. The average molecular weight is 400 g/mol. The molecule has 29 heavy (non-hydrogen) atoms. The number of nitrogens with zero attached hydrogens (tertiary/aromatic N) is 1. The molecule has 0 saturated heterocycles. The van der Waals surface area contributed by atoms with Gasteiger partial charge in [-0.25, -0.2) is 14.2 Å². The van der Waals surface area contributed by atoms with Gasteiger partial charge in [-0.2, -0.15) is 0 Å². The highest BCUT2D eigenvalue weighted by Crippen LogP contribution is 2.30. The molecule has 2 aromatic heterocycles. The molecule has 0 atom stereocenters. The number of hydrogen-bond acceptors (Lipinski definition) is 5. The van der Waals surface area contributed by atoms with Gasteiger partial charge in [-0.15, -0.1) is 0 Å². The molecular weight excluding hydrogens is 379 g/mol. The van der Waals surface area contributed by atoms with E-state index in [1.165, 1.54) is 12.1 Å². The summed E-state index contributed by atoms with van der Waals surface area (Å²) in [6, 6.07) is 7.45. The Balaban J connectivity index is 1.60. The number of carbonyl (C=O) groups excluding carboxylic acids is 2. The second-order valence-corrected chi connectivity index (χ2v) is 7.20. The first-order chi connectivity index (χ1) is 13.7. The molecule has 0 aliphatic carbocycles. The van der Waals surface area contributed by atoms with Crippen molar-refractivity contribution in [3.63, 3.8) is 0 Å². The molecule has 152 valence electrons. The summed E-state index contributed by atoms with van der Waals surface area (Å²) in [5.74, 6) is -0.715. The fourth-order valence-corrected chi connectivity index (χ4v) is 2.48. The van der Waals surface area contributed by atoms with Crippen LogP contribution in [0.1, 0.15) is 20.8 Å². The van der Waals surface area contributed by atoms with Gasteiger partial charge in [-0.3, -0.25) is 4.79 Å². The number of anilines is 1. The number of aromatic nitrogens is 2. The summed E-state index contributed by atoms with van der Waals surface area (Å²) in [6.07, 6.45) is 2.55. The largest absolute Gasteiger partial charge is 0.453 e. The monoisotopic (exact) mass is 400 g/mol. The van der Waals surface area contributed by atoms with Crippen molar-refractivity contribution < 1.29 is 23.5 Å². The van der Waals surface area contributed by atoms with Crippen LogP contribution in [0.15, 0.2) is 42.7 Å². The van der Waals surface area contributed by atoms with E-state index < -0.39 is 23.4 Å². The van der Waals surface area contributed by atoms with E-state index in [-0.39, 0.29) is 18.0 Å². The standard InChI is InChI=1S/C20H21FN4O4/c1-20(2,3)29-19(27)24-11-17(26)25-12-4-5-16(14(21)10-12)28-15-7-9-23-18-13(15)6-8-22-18/h4-10H,11H2,1-3H3,(H,22,23)(H,24,27)(H,25,26). The van der Waals surface area contributed by atoms with E-state index in [4.69, 9.17) is 9.47 Å². The number of alkyl carbamates (subject to hydrolysis) is 1. The molecule has 8 nitrogen and oxygen atoms in total. The number of aromatic amines is 1. The Morgan fingerprint density at radius 2 is 1.97 bits per heavy atom. The normalized spacial score (nSPS) is 11.2. The molecule has 3 rings (SSSR count). The molecule has 1 aromatic carbocycles. The number of rotatable bonds is 5. The molecular formula is C20H21FN4O4. The third kappa shape index (κ3) is 5.44. The molecule has 2 heterocycles. The third-order valence-electron chi connectivity index (χ3n) is 3.65. The maximum atomic E-state index is 14.4. The van der Waals surface area contributed by atoms with Crippen LogP contribution in [0.2, 0.25) is 0 Å². The highest BCUT2D eigenvalue weighted by Gasteiger charge is 2.17. The van der Waals surface area contributed by atoms with Gasteiger partial charge in [0, 0.05) is 24.1 Å². The predicted molar refractivity (Wildman–Crippen MR) is 105 cm³/mol. The number of fused-ring (bicyclic) bond motifs is 1. The van der Waals surface area contributed by atoms with Crippen molar-refractivity contribution in [1.29, 1.82) is 0 Å². The zero-order chi connectivity index (χ0) is 21.0. The van der Waals surface area contributed by atoms with E-state index in [0.717, 1.165) is 11.5 Å². The Morgan fingerprint density at radius 3 is 2.69 bits per heavy atom. The molecule has 0 fully saturated rings. The second-order valence-electron chi connectivity index (χ2n) is 7.20. The molecule has 0 aliphatic rings. The minimum absolute atomic E-state index is 0.00331. The first-order valence-corrected chi connectivity index (χ1v) is 8.87. The average Bonchev–Trinajstić information content (AvgIpc) is 3.10. The van der Waals surface area contributed by atoms with Gasteiger partial charge < -0.3 is 25.1 Å². The lowest BCUT2D eigenvalue weighted by atomic mass is 10.2. The second kappa shape index (κ2) is 8.17. The third-order valence-corrected chi connectivity index (χ3v) is 3.65. The van der Waals surface area contributed by atoms with E-state index >= 15 is 0 Å². The zero-order valence-electron chi connectivity index (χ0n) is 16.2. The lowest BCUT2D eigenvalue weighted by Crippen LogP contribution is -2.37. The van der Waals surface area contributed by atoms with Crippen molar-refractivity contribution in [1.82, 2.24) is 15.3 Å². The van der Waals surface area contributed by atoms with Gasteiger partial charge in [0.15, 0.2) is 11.6 Å². The lowest BCUT2D eigenvalue weighted by Gasteiger charge is -2.19. The van der Waals surface area contributed by atoms with Crippen molar-refractivity contribution >= 4 is 28.7 Å². The van der Waals surface area contributed by atoms with Gasteiger partial charge in [-0.05, 0) is 45.0 Å². The van der Waals surface area contributed by atoms with Gasteiger partial charge in [0.1, 0.15) is 23.5 Å². The molecule has 3 N–H and O–H groups in total. The van der Waals surface area contributed by atoms with Gasteiger partial charge in [0.05, 0.1) is 5.39 Å². The molecule has 3 aromatic rings. The molecule has 2 amide bonds. The SMILES string of the molecule is CC(C)(C)OC(=O)NCC(=O)Nc1ccc(Oc2ccnc3[nH]ccc23)c(F)c1. The van der Waals surface area contributed by atoms with Crippen LogP contribution in [0.5, 0.6) is 11.5 Å². The molecule has 0 bridgehead atoms. The van der Waals surface area contributed by atoms with Gasteiger partial charge >= 0.3 is 6.09 Å².